The zero-order valence-corrected chi connectivity index (χ0v) is 12.3. The van der Waals surface area contributed by atoms with Crippen LogP contribution in [0.15, 0.2) is 48.5 Å². The van der Waals surface area contributed by atoms with Gasteiger partial charge in [0.25, 0.3) is 0 Å². The van der Waals surface area contributed by atoms with Crippen LogP contribution in [-0.2, 0) is 12.8 Å². The van der Waals surface area contributed by atoms with Gasteiger partial charge in [-0.1, -0.05) is 69.3 Å². The third-order valence-corrected chi connectivity index (χ3v) is 4.03. The van der Waals surface area contributed by atoms with Crippen LogP contribution >= 0.6 is 0 Å². The van der Waals surface area contributed by atoms with E-state index in [4.69, 9.17) is 0 Å². The molecule has 0 aromatic heterocycles. The molecule has 0 atom stereocenters. The molecule has 2 aromatic carbocycles. The minimum Gasteiger partial charge on any atom is -0.0645 e. The summed E-state index contributed by atoms with van der Waals surface area (Å²) >= 11 is 0. The van der Waals surface area contributed by atoms with E-state index in [9.17, 15) is 0 Å². The smallest absolute Gasteiger partial charge is 0.00921 e. The first-order chi connectivity index (χ1) is 9.31. The second kappa shape index (κ2) is 6.56. The van der Waals surface area contributed by atoms with Crippen LogP contribution in [0.3, 0.4) is 0 Å². The molecule has 0 N–H and O–H groups in total. The number of aryl methyl sites for hydroxylation is 2. The highest BCUT2D eigenvalue weighted by atomic mass is 14.2. The van der Waals surface area contributed by atoms with E-state index in [2.05, 4.69) is 69.3 Å². The van der Waals surface area contributed by atoms with Gasteiger partial charge in [-0.3, -0.25) is 0 Å². The molecule has 0 aliphatic rings. The van der Waals surface area contributed by atoms with Crippen LogP contribution in [-0.4, -0.2) is 0 Å². The molecule has 0 aliphatic heterocycles. The SMILES string of the molecule is CCc1ccccc1C(CC)c1ccccc1CC. The second-order valence-corrected chi connectivity index (χ2v) is 5.07. The minimum atomic E-state index is 0.535. The average molecular weight is 252 g/mol. The molecular formula is C19H24. The Hall–Kier alpha value is -1.56. The van der Waals surface area contributed by atoms with E-state index >= 15 is 0 Å². The molecule has 2 rings (SSSR count). The maximum atomic E-state index is 2.31. The Balaban J connectivity index is 2.50. The Bertz CT molecular complexity index is 478. The van der Waals surface area contributed by atoms with Crippen molar-refractivity contribution in [2.75, 3.05) is 0 Å². The number of hydrogen-bond donors (Lipinski definition) is 0. The van der Waals surface area contributed by atoms with E-state index in [1.807, 2.05) is 0 Å². The summed E-state index contributed by atoms with van der Waals surface area (Å²) in [7, 11) is 0. The molecule has 0 heteroatoms. The van der Waals surface area contributed by atoms with E-state index in [0.717, 1.165) is 19.3 Å². The third kappa shape index (κ3) is 2.89. The summed E-state index contributed by atoms with van der Waals surface area (Å²) in [4.78, 5) is 0. The molecule has 0 fully saturated rings. The van der Waals surface area contributed by atoms with Crippen LogP contribution in [0.4, 0.5) is 0 Å². The summed E-state index contributed by atoms with van der Waals surface area (Å²) in [5, 5.41) is 0. The number of hydrogen-bond acceptors (Lipinski definition) is 0. The molecule has 0 bridgehead atoms. The van der Waals surface area contributed by atoms with Crippen LogP contribution < -0.4 is 0 Å². The molecule has 0 amide bonds. The Morgan fingerprint density at radius 3 is 1.47 bits per heavy atom. The summed E-state index contributed by atoms with van der Waals surface area (Å²) in [6.07, 6.45) is 3.38. The Morgan fingerprint density at radius 1 is 0.684 bits per heavy atom. The van der Waals surface area contributed by atoms with Crippen molar-refractivity contribution in [2.45, 2.75) is 46.0 Å². The van der Waals surface area contributed by atoms with Gasteiger partial charge in [-0.15, -0.1) is 0 Å². The summed E-state index contributed by atoms with van der Waals surface area (Å²) in [6.45, 7) is 6.79. The molecule has 0 aliphatic carbocycles. The van der Waals surface area contributed by atoms with Crippen molar-refractivity contribution in [1.82, 2.24) is 0 Å². The van der Waals surface area contributed by atoms with Crippen molar-refractivity contribution in [3.05, 3.63) is 70.8 Å². The Labute approximate surface area is 117 Å². The molecule has 0 heterocycles. The predicted molar refractivity (Wildman–Crippen MR) is 83.8 cm³/mol. The van der Waals surface area contributed by atoms with Gasteiger partial charge in [0.1, 0.15) is 0 Å². The lowest BCUT2D eigenvalue weighted by atomic mass is 9.83. The third-order valence-electron chi connectivity index (χ3n) is 4.03. The van der Waals surface area contributed by atoms with Gasteiger partial charge in [-0.05, 0) is 41.5 Å². The van der Waals surface area contributed by atoms with E-state index in [0.29, 0.717) is 5.92 Å². The summed E-state index contributed by atoms with van der Waals surface area (Å²) in [5.41, 5.74) is 5.99. The van der Waals surface area contributed by atoms with Crippen LogP contribution in [0.25, 0.3) is 0 Å². The molecule has 100 valence electrons. The Kier molecular flexibility index (Phi) is 4.79. The highest BCUT2D eigenvalue weighted by molar-refractivity contribution is 5.41. The quantitative estimate of drug-likeness (QED) is 0.672. The number of rotatable bonds is 5. The van der Waals surface area contributed by atoms with Gasteiger partial charge in [-0.2, -0.15) is 0 Å². The van der Waals surface area contributed by atoms with Gasteiger partial charge in [0, 0.05) is 5.92 Å². The van der Waals surface area contributed by atoms with E-state index < -0.39 is 0 Å². The average Bonchev–Trinajstić information content (AvgIpc) is 2.49. The lowest BCUT2D eigenvalue weighted by Crippen LogP contribution is -2.06. The van der Waals surface area contributed by atoms with Crippen molar-refractivity contribution in [2.24, 2.45) is 0 Å². The molecule has 0 radical (unpaired) electrons. The fourth-order valence-electron chi connectivity index (χ4n) is 3.00. The monoisotopic (exact) mass is 252 g/mol. The summed E-state index contributed by atoms with van der Waals surface area (Å²) in [6, 6.07) is 17.8. The van der Waals surface area contributed by atoms with Gasteiger partial charge < -0.3 is 0 Å². The van der Waals surface area contributed by atoms with Crippen LogP contribution in [0.1, 0.15) is 55.4 Å². The predicted octanol–water partition coefficient (Wildman–Crippen LogP) is 5.35. The van der Waals surface area contributed by atoms with Crippen molar-refractivity contribution in [1.29, 1.82) is 0 Å². The highest BCUT2D eigenvalue weighted by Crippen LogP contribution is 2.32. The molecule has 0 unspecified atom stereocenters. The zero-order chi connectivity index (χ0) is 13.7. The minimum absolute atomic E-state index is 0.535. The second-order valence-electron chi connectivity index (χ2n) is 5.07. The van der Waals surface area contributed by atoms with E-state index in [-0.39, 0.29) is 0 Å². The van der Waals surface area contributed by atoms with Crippen LogP contribution in [0.5, 0.6) is 0 Å². The molecule has 0 saturated carbocycles. The van der Waals surface area contributed by atoms with E-state index in [1.54, 1.807) is 0 Å². The first kappa shape index (κ1) is 13.9. The van der Waals surface area contributed by atoms with Gasteiger partial charge in [0.15, 0.2) is 0 Å². The highest BCUT2D eigenvalue weighted by Gasteiger charge is 2.16. The topological polar surface area (TPSA) is 0 Å². The van der Waals surface area contributed by atoms with Gasteiger partial charge in [0.05, 0.1) is 0 Å². The van der Waals surface area contributed by atoms with Gasteiger partial charge >= 0.3 is 0 Å². The van der Waals surface area contributed by atoms with Crippen LogP contribution in [0.2, 0.25) is 0 Å². The first-order valence-corrected chi connectivity index (χ1v) is 7.47. The summed E-state index contributed by atoms with van der Waals surface area (Å²) in [5.74, 6) is 0.535. The van der Waals surface area contributed by atoms with Crippen molar-refractivity contribution in [3.8, 4) is 0 Å². The normalized spacial score (nSPS) is 10.9. The van der Waals surface area contributed by atoms with Crippen molar-refractivity contribution in [3.63, 3.8) is 0 Å². The van der Waals surface area contributed by atoms with Gasteiger partial charge in [0.2, 0.25) is 0 Å². The lowest BCUT2D eigenvalue weighted by molar-refractivity contribution is 0.754. The van der Waals surface area contributed by atoms with Crippen LogP contribution in [0, 0.1) is 0 Å². The number of benzene rings is 2. The molecule has 0 spiro atoms. The fourth-order valence-corrected chi connectivity index (χ4v) is 3.00. The fraction of sp³-hybridized carbons (Fsp3) is 0.368. The maximum Gasteiger partial charge on any atom is 0.00921 e. The Morgan fingerprint density at radius 2 is 1.11 bits per heavy atom. The lowest BCUT2D eigenvalue weighted by Gasteiger charge is -2.22. The van der Waals surface area contributed by atoms with Crippen molar-refractivity contribution >= 4 is 0 Å². The zero-order valence-electron chi connectivity index (χ0n) is 12.3. The maximum absolute atomic E-state index is 2.31. The summed E-state index contributed by atoms with van der Waals surface area (Å²) < 4.78 is 0. The van der Waals surface area contributed by atoms with Gasteiger partial charge in [-0.25, -0.2) is 0 Å². The molecule has 0 nitrogen and oxygen atoms in total. The first-order valence-electron chi connectivity index (χ1n) is 7.47. The van der Waals surface area contributed by atoms with E-state index in [1.165, 1.54) is 22.3 Å². The molecule has 0 saturated heterocycles. The molecule has 2 aromatic rings. The standard InChI is InChI=1S/C19H24/c1-4-15-11-7-9-13-18(15)17(6-3)19-14-10-8-12-16(19)5-2/h7-14,17H,4-6H2,1-3H3. The molecular weight excluding hydrogens is 228 g/mol. The molecule has 19 heavy (non-hydrogen) atoms. The van der Waals surface area contributed by atoms with Crippen molar-refractivity contribution < 1.29 is 0 Å². The largest absolute Gasteiger partial charge is 0.0645 e.